The molecule has 15 nitrogen and oxygen atoms in total. The second kappa shape index (κ2) is 20.0. The van der Waals surface area contributed by atoms with Crippen LogP contribution in [0.15, 0.2) is 23.8 Å². The molecule has 2 saturated heterocycles. The number of allylic oxidation sites excluding steroid dienone is 3. The summed E-state index contributed by atoms with van der Waals surface area (Å²) in [7, 11) is 3.40. The summed E-state index contributed by atoms with van der Waals surface area (Å²) in [5, 5.41) is 64.3. The van der Waals surface area contributed by atoms with E-state index in [-0.39, 0.29) is 25.2 Å². The Hall–Kier alpha value is -2.15. The molecule has 0 aromatic carbocycles. The zero-order valence-electron chi connectivity index (χ0n) is 31.6. The van der Waals surface area contributed by atoms with Crippen molar-refractivity contribution < 1.29 is 68.7 Å². The van der Waals surface area contributed by atoms with Crippen molar-refractivity contribution in [1.29, 1.82) is 0 Å². The molecule has 0 aromatic rings. The summed E-state index contributed by atoms with van der Waals surface area (Å²) >= 11 is 0. The van der Waals surface area contributed by atoms with Gasteiger partial charge in [0.1, 0.15) is 36.8 Å². The molecule has 17 atom stereocenters. The van der Waals surface area contributed by atoms with Crippen molar-refractivity contribution in [2.75, 3.05) is 20.7 Å². The van der Waals surface area contributed by atoms with Gasteiger partial charge in [-0.1, -0.05) is 38.5 Å². The lowest BCUT2D eigenvalue weighted by atomic mass is 9.79. The number of carbonyl (C=O) groups excluding carboxylic acids is 3. The molecule has 0 spiro atoms. The number of aliphatic hydroxyl groups excluding tert-OH is 6. The fourth-order valence-electron chi connectivity index (χ4n) is 7.27. The molecule has 2 unspecified atom stereocenters. The van der Waals surface area contributed by atoms with Gasteiger partial charge in [0.2, 0.25) is 0 Å². The lowest BCUT2D eigenvalue weighted by molar-refractivity contribution is -0.304. The molecule has 2 fully saturated rings. The number of aldehydes is 1. The second-order valence-corrected chi connectivity index (χ2v) is 14.9. The zero-order chi connectivity index (χ0) is 39.0. The molecule has 0 aliphatic carbocycles. The Labute approximate surface area is 306 Å². The van der Waals surface area contributed by atoms with E-state index in [4.69, 9.17) is 23.7 Å². The number of cyclic esters (lactones) is 1. The number of ether oxygens (including phenoxy) is 5. The molecule has 0 saturated carbocycles. The van der Waals surface area contributed by atoms with Gasteiger partial charge in [0.25, 0.3) is 0 Å². The maximum absolute atomic E-state index is 13.4. The Morgan fingerprint density at radius 1 is 0.885 bits per heavy atom. The number of aliphatic hydroxyl groups is 6. The van der Waals surface area contributed by atoms with Crippen LogP contribution in [0.4, 0.5) is 0 Å². The molecular weight excluding hydrogens is 682 g/mol. The molecule has 52 heavy (non-hydrogen) atoms. The summed E-state index contributed by atoms with van der Waals surface area (Å²) in [6, 6.07) is -0.752. The third-order valence-corrected chi connectivity index (χ3v) is 10.6. The van der Waals surface area contributed by atoms with E-state index in [1.165, 1.54) is 13.0 Å². The summed E-state index contributed by atoms with van der Waals surface area (Å²) < 4.78 is 29.6. The molecule has 298 valence electrons. The first kappa shape index (κ1) is 44.2. The number of likely N-dealkylation sites (N-methyl/N-ethyl adjacent to an activating group) is 1. The van der Waals surface area contributed by atoms with Gasteiger partial charge in [-0.15, -0.1) is 0 Å². The van der Waals surface area contributed by atoms with Crippen LogP contribution in [0.1, 0.15) is 67.2 Å². The minimum Gasteiger partial charge on any atom is -0.462 e. The van der Waals surface area contributed by atoms with Crippen molar-refractivity contribution in [1.82, 2.24) is 4.90 Å². The Morgan fingerprint density at radius 2 is 1.52 bits per heavy atom. The molecule has 15 heteroatoms. The SMILES string of the molecule is CCC1OC(=O)C[C@@H](O)[C@H](C)C(O[C@@H]2O[C@H](C)[C@@H](O)[C@H](N(C)C)[C@H]2O)[C@@H](CC=O)C[C@@H](C)C(=O)/C=C\C(C)=C\[C@@H]1CO[C@@H]1O[C@H](C)[C@@H](O)[C@@H](O)[C@H]1O. The fourth-order valence-corrected chi connectivity index (χ4v) is 7.27. The highest BCUT2D eigenvalue weighted by Gasteiger charge is 2.47. The van der Waals surface area contributed by atoms with Crippen LogP contribution in [0.2, 0.25) is 0 Å². The van der Waals surface area contributed by atoms with E-state index < -0.39 is 116 Å². The molecule has 0 radical (unpaired) electrons. The maximum atomic E-state index is 13.4. The Balaban J connectivity index is 1.95. The standard InChI is InChI=1S/C37H61NO14/c1-9-27-24(17-48-36-34(47)33(46)31(44)22(6)49-36)14-18(2)10-11-25(40)19(3)15-23(12-13-39)35(20(4)26(41)16-28(42)51-27)52-37-32(45)29(38(7)8)30(43)21(5)50-37/h10-11,13-14,19-24,26-27,29-37,41,43-47H,9,12,15-17H2,1-8H3/b11-10-,18-14+/t19-,20+,21-,22-,23+,24-,26-,27?,29+,30-,31-,32-,33-,34-,35?,36-,37+/m1/s1. The van der Waals surface area contributed by atoms with E-state index in [0.717, 1.165) is 0 Å². The van der Waals surface area contributed by atoms with Gasteiger partial charge in [-0.25, -0.2) is 0 Å². The summed E-state index contributed by atoms with van der Waals surface area (Å²) in [4.78, 5) is 40.5. The summed E-state index contributed by atoms with van der Waals surface area (Å²) in [5.74, 6) is -3.62. The number of rotatable bonds is 9. The lowest BCUT2D eigenvalue weighted by Gasteiger charge is -2.46. The third kappa shape index (κ3) is 11.2. The van der Waals surface area contributed by atoms with Crippen molar-refractivity contribution in [3.63, 3.8) is 0 Å². The topological polar surface area (TPSA) is 222 Å². The molecule has 0 amide bonds. The van der Waals surface area contributed by atoms with Crippen LogP contribution < -0.4 is 0 Å². The fraction of sp³-hybridized carbons (Fsp3) is 0.811. The smallest absolute Gasteiger partial charge is 0.308 e. The van der Waals surface area contributed by atoms with E-state index in [9.17, 15) is 45.0 Å². The number of hydrogen-bond donors (Lipinski definition) is 6. The average Bonchev–Trinajstić information content (AvgIpc) is 3.08. The summed E-state index contributed by atoms with van der Waals surface area (Å²) in [5.41, 5.74) is 0.638. The molecule has 3 heterocycles. The van der Waals surface area contributed by atoms with Crippen molar-refractivity contribution in [2.45, 2.75) is 147 Å². The first-order valence-electron chi connectivity index (χ1n) is 18.3. The van der Waals surface area contributed by atoms with Crippen molar-refractivity contribution in [3.05, 3.63) is 23.8 Å². The van der Waals surface area contributed by atoms with Crippen LogP contribution in [0.25, 0.3) is 0 Å². The van der Waals surface area contributed by atoms with Gasteiger partial charge >= 0.3 is 5.97 Å². The van der Waals surface area contributed by atoms with Gasteiger partial charge < -0.3 is 64.0 Å². The van der Waals surface area contributed by atoms with E-state index in [0.29, 0.717) is 18.3 Å². The van der Waals surface area contributed by atoms with Gasteiger partial charge in [-0.2, -0.15) is 0 Å². The minimum absolute atomic E-state index is 0.0434. The normalized spacial score (nSPS) is 44.8. The predicted molar refractivity (Wildman–Crippen MR) is 186 cm³/mol. The van der Waals surface area contributed by atoms with Crippen LogP contribution in [0.3, 0.4) is 0 Å². The maximum Gasteiger partial charge on any atom is 0.308 e. The molecule has 3 aliphatic heterocycles. The number of esters is 1. The van der Waals surface area contributed by atoms with E-state index in [1.54, 1.807) is 65.8 Å². The highest BCUT2D eigenvalue weighted by molar-refractivity contribution is 5.91. The Kier molecular flexibility index (Phi) is 17.0. The van der Waals surface area contributed by atoms with Gasteiger partial charge in [0.15, 0.2) is 18.4 Å². The summed E-state index contributed by atoms with van der Waals surface area (Å²) in [6.45, 7) is 9.96. The zero-order valence-corrected chi connectivity index (χ0v) is 31.6. The predicted octanol–water partition coefficient (Wildman–Crippen LogP) is 0.254. The van der Waals surface area contributed by atoms with Crippen LogP contribution >= 0.6 is 0 Å². The lowest BCUT2D eigenvalue weighted by Crippen LogP contribution is -2.63. The number of ketones is 1. The largest absolute Gasteiger partial charge is 0.462 e. The first-order chi connectivity index (χ1) is 24.4. The number of nitrogens with zero attached hydrogens (tertiary/aromatic N) is 1. The minimum atomic E-state index is -1.54. The van der Waals surface area contributed by atoms with Crippen LogP contribution in [0.5, 0.6) is 0 Å². The van der Waals surface area contributed by atoms with E-state index in [1.807, 2.05) is 0 Å². The highest BCUT2D eigenvalue weighted by Crippen LogP contribution is 2.34. The molecule has 0 bridgehead atoms. The average molecular weight is 744 g/mol. The monoisotopic (exact) mass is 743 g/mol. The first-order valence-corrected chi connectivity index (χ1v) is 18.3. The van der Waals surface area contributed by atoms with Gasteiger partial charge in [0.05, 0.1) is 49.6 Å². The number of hydrogen-bond acceptors (Lipinski definition) is 15. The Morgan fingerprint density at radius 3 is 2.13 bits per heavy atom. The molecule has 6 N–H and O–H groups in total. The quantitative estimate of drug-likeness (QED) is 0.138. The highest BCUT2D eigenvalue weighted by atomic mass is 16.7. The molecule has 3 aliphatic rings. The van der Waals surface area contributed by atoms with Crippen molar-refractivity contribution in [3.8, 4) is 0 Å². The van der Waals surface area contributed by atoms with Crippen molar-refractivity contribution >= 4 is 18.0 Å². The van der Waals surface area contributed by atoms with Crippen LogP contribution in [-0.4, -0.2) is 154 Å². The Bertz CT molecular complexity index is 1230. The van der Waals surface area contributed by atoms with E-state index >= 15 is 0 Å². The number of carbonyl (C=O) groups is 3. The summed E-state index contributed by atoms with van der Waals surface area (Å²) in [6.07, 6.45) is -8.40. The van der Waals surface area contributed by atoms with E-state index in [2.05, 4.69) is 0 Å². The molecule has 0 aromatic heterocycles. The second-order valence-electron chi connectivity index (χ2n) is 14.9. The van der Waals surface area contributed by atoms with Gasteiger partial charge in [0, 0.05) is 24.2 Å². The molecule has 3 rings (SSSR count). The third-order valence-electron chi connectivity index (χ3n) is 10.6. The van der Waals surface area contributed by atoms with Gasteiger partial charge in [-0.05, 0) is 59.7 Å². The molecular formula is C37H61NO14. The van der Waals surface area contributed by atoms with Crippen molar-refractivity contribution in [2.24, 2.45) is 23.7 Å². The van der Waals surface area contributed by atoms with Gasteiger partial charge in [-0.3, -0.25) is 9.59 Å². The van der Waals surface area contributed by atoms with Crippen LogP contribution in [-0.2, 0) is 38.1 Å². The van der Waals surface area contributed by atoms with Crippen LogP contribution in [0, 0.1) is 23.7 Å².